The Morgan fingerprint density at radius 2 is 1.62 bits per heavy atom. The largest absolute Gasteiger partial charge is 0.493 e. The fraction of sp³-hybridized carbons (Fsp3) is 0.160. The van der Waals surface area contributed by atoms with Gasteiger partial charge in [-0.25, -0.2) is 4.98 Å². The minimum atomic E-state index is -0.430. The molecule has 1 aromatic heterocycles. The quantitative estimate of drug-likeness (QED) is 0.377. The molecule has 0 saturated carbocycles. The predicted molar refractivity (Wildman–Crippen MR) is 134 cm³/mol. The minimum Gasteiger partial charge on any atom is -0.493 e. The number of nitrogens with one attached hydrogen (secondary N) is 2. The number of rotatable bonds is 6. The van der Waals surface area contributed by atoms with Gasteiger partial charge < -0.3 is 23.9 Å². The highest BCUT2D eigenvalue weighted by Crippen LogP contribution is 2.38. The molecule has 0 fully saturated rings. The van der Waals surface area contributed by atoms with Crippen LogP contribution in [-0.4, -0.2) is 37.3 Å². The summed E-state index contributed by atoms with van der Waals surface area (Å²) in [5, 5.41) is 5.78. The second kappa shape index (κ2) is 9.80. The Labute approximate surface area is 201 Å². The number of methoxy groups -OCH3 is 3. The van der Waals surface area contributed by atoms with Crippen LogP contribution in [0.2, 0.25) is 0 Å². The number of hydrogen-bond donors (Lipinski definition) is 2. The topological polar surface area (TPSA) is 94.9 Å². The third kappa shape index (κ3) is 4.79. The van der Waals surface area contributed by atoms with E-state index >= 15 is 0 Å². The molecule has 34 heavy (non-hydrogen) atoms. The van der Waals surface area contributed by atoms with E-state index in [1.807, 2.05) is 31.2 Å². The predicted octanol–water partition coefficient (Wildman–Crippen LogP) is 4.96. The van der Waals surface area contributed by atoms with E-state index in [0.29, 0.717) is 45.5 Å². The summed E-state index contributed by atoms with van der Waals surface area (Å²) in [6.07, 6.45) is 0. The monoisotopic (exact) mass is 477 g/mol. The van der Waals surface area contributed by atoms with Gasteiger partial charge in [0.2, 0.25) is 11.6 Å². The molecule has 1 amide bonds. The number of aryl methyl sites for hydroxylation is 1. The van der Waals surface area contributed by atoms with Gasteiger partial charge in [0.25, 0.3) is 5.91 Å². The van der Waals surface area contributed by atoms with Gasteiger partial charge >= 0.3 is 0 Å². The molecule has 8 nitrogen and oxygen atoms in total. The maximum Gasteiger partial charge on any atom is 0.257 e. The first-order valence-corrected chi connectivity index (χ1v) is 10.7. The zero-order chi connectivity index (χ0) is 24.2. The van der Waals surface area contributed by atoms with E-state index in [1.54, 1.807) is 30.3 Å². The Balaban J connectivity index is 1.49. The lowest BCUT2D eigenvalue weighted by atomic mass is 10.1. The highest BCUT2D eigenvalue weighted by Gasteiger charge is 2.18. The summed E-state index contributed by atoms with van der Waals surface area (Å²) in [5.74, 6) is 1.23. The van der Waals surface area contributed by atoms with Gasteiger partial charge in [-0.05, 0) is 61.6 Å². The summed E-state index contributed by atoms with van der Waals surface area (Å²) in [6, 6.07) is 16.4. The van der Waals surface area contributed by atoms with Crippen molar-refractivity contribution in [2.24, 2.45) is 0 Å². The highest BCUT2D eigenvalue weighted by molar-refractivity contribution is 7.80. The summed E-state index contributed by atoms with van der Waals surface area (Å²) >= 11 is 5.33. The molecule has 0 unspecified atom stereocenters. The molecule has 1 heterocycles. The van der Waals surface area contributed by atoms with Gasteiger partial charge in [0, 0.05) is 16.8 Å². The van der Waals surface area contributed by atoms with Gasteiger partial charge in [-0.15, -0.1) is 0 Å². The smallest absolute Gasteiger partial charge is 0.257 e. The molecule has 0 saturated heterocycles. The summed E-state index contributed by atoms with van der Waals surface area (Å²) in [4.78, 5) is 17.3. The van der Waals surface area contributed by atoms with Crippen molar-refractivity contribution in [3.63, 3.8) is 0 Å². The van der Waals surface area contributed by atoms with E-state index < -0.39 is 5.91 Å². The van der Waals surface area contributed by atoms with Gasteiger partial charge in [0.05, 0.1) is 21.3 Å². The zero-order valence-corrected chi connectivity index (χ0v) is 19.9. The molecular formula is C25H23N3O5S. The lowest BCUT2D eigenvalue weighted by Crippen LogP contribution is -2.34. The molecule has 3 aromatic carbocycles. The molecule has 4 aromatic rings. The van der Waals surface area contributed by atoms with Crippen molar-refractivity contribution in [1.29, 1.82) is 0 Å². The number of ether oxygens (including phenoxy) is 3. The van der Waals surface area contributed by atoms with Crippen LogP contribution in [0, 0.1) is 6.92 Å². The Hall–Kier alpha value is -4.11. The Morgan fingerprint density at radius 1 is 0.941 bits per heavy atom. The fourth-order valence-corrected chi connectivity index (χ4v) is 3.59. The van der Waals surface area contributed by atoms with Crippen LogP contribution in [0.1, 0.15) is 15.9 Å². The van der Waals surface area contributed by atoms with E-state index in [0.717, 1.165) is 11.1 Å². The van der Waals surface area contributed by atoms with Crippen molar-refractivity contribution in [2.75, 3.05) is 26.6 Å². The first kappa shape index (κ1) is 23.1. The third-order valence-electron chi connectivity index (χ3n) is 5.10. The molecule has 0 aliphatic rings. The number of carbonyl (C=O) groups is 1. The van der Waals surface area contributed by atoms with Crippen LogP contribution < -0.4 is 24.8 Å². The highest BCUT2D eigenvalue weighted by atomic mass is 32.1. The number of anilines is 1. The first-order chi connectivity index (χ1) is 16.4. The molecule has 0 atom stereocenters. The van der Waals surface area contributed by atoms with E-state index in [-0.39, 0.29) is 5.11 Å². The number of aromatic nitrogens is 1. The summed E-state index contributed by atoms with van der Waals surface area (Å²) in [7, 11) is 4.46. The Bertz CT molecular complexity index is 1340. The molecule has 0 aliphatic carbocycles. The molecule has 2 N–H and O–H groups in total. The second-order valence-electron chi connectivity index (χ2n) is 7.39. The van der Waals surface area contributed by atoms with Gasteiger partial charge in [-0.2, -0.15) is 0 Å². The van der Waals surface area contributed by atoms with E-state index in [1.165, 1.54) is 21.3 Å². The van der Waals surface area contributed by atoms with E-state index in [2.05, 4.69) is 15.6 Å². The second-order valence-corrected chi connectivity index (χ2v) is 7.80. The van der Waals surface area contributed by atoms with Crippen molar-refractivity contribution in [1.82, 2.24) is 10.3 Å². The van der Waals surface area contributed by atoms with Gasteiger partial charge in [0.1, 0.15) is 5.52 Å². The zero-order valence-electron chi connectivity index (χ0n) is 19.1. The lowest BCUT2D eigenvalue weighted by molar-refractivity contribution is 0.0977. The average Bonchev–Trinajstić information content (AvgIpc) is 3.26. The van der Waals surface area contributed by atoms with Crippen molar-refractivity contribution >= 4 is 40.0 Å². The minimum absolute atomic E-state index is 0.125. The van der Waals surface area contributed by atoms with Crippen LogP contribution in [0.5, 0.6) is 17.2 Å². The normalized spacial score (nSPS) is 10.6. The molecule has 174 valence electrons. The van der Waals surface area contributed by atoms with Crippen molar-refractivity contribution < 1.29 is 23.4 Å². The van der Waals surface area contributed by atoms with E-state index in [4.69, 9.17) is 30.8 Å². The number of fused-ring (bicyclic) bond motifs is 1. The number of nitrogens with zero attached hydrogens (tertiary/aromatic N) is 1. The lowest BCUT2D eigenvalue weighted by Gasteiger charge is -2.14. The first-order valence-electron chi connectivity index (χ1n) is 10.3. The number of carbonyl (C=O) groups excluding carboxylic acids is 1. The Kier molecular flexibility index (Phi) is 6.65. The van der Waals surface area contributed by atoms with Crippen molar-refractivity contribution in [3.8, 4) is 28.7 Å². The van der Waals surface area contributed by atoms with Crippen LogP contribution in [0.25, 0.3) is 22.6 Å². The fourth-order valence-electron chi connectivity index (χ4n) is 3.37. The molecule has 4 rings (SSSR count). The van der Waals surface area contributed by atoms with Crippen molar-refractivity contribution in [2.45, 2.75) is 6.92 Å². The maximum absolute atomic E-state index is 12.8. The van der Waals surface area contributed by atoms with Crippen LogP contribution in [0.3, 0.4) is 0 Å². The molecular weight excluding hydrogens is 454 g/mol. The van der Waals surface area contributed by atoms with Crippen LogP contribution in [-0.2, 0) is 0 Å². The molecule has 0 spiro atoms. The molecule has 9 heteroatoms. The van der Waals surface area contributed by atoms with Gasteiger partial charge in [-0.1, -0.05) is 17.7 Å². The summed E-state index contributed by atoms with van der Waals surface area (Å²) in [5.41, 5.74) is 4.32. The standard InChI is InChI=1S/C25H23N3O5S/c1-14-5-7-15(8-6-14)24-27-18-13-17(9-10-19(18)33-24)26-25(34)28-23(29)16-11-20(30-2)22(32-4)21(12-16)31-3/h5-13H,1-4H3,(H2,26,28,29,34). The van der Waals surface area contributed by atoms with Gasteiger partial charge in [0.15, 0.2) is 22.2 Å². The maximum atomic E-state index is 12.8. The summed E-state index contributed by atoms with van der Waals surface area (Å²) in [6.45, 7) is 2.02. The van der Waals surface area contributed by atoms with Gasteiger partial charge in [-0.3, -0.25) is 10.1 Å². The third-order valence-corrected chi connectivity index (χ3v) is 5.30. The van der Waals surface area contributed by atoms with Crippen LogP contribution >= 0.6 is 12.2 Å². The molecule has 0 aliphatic heterocycles. The Morgan fingerprint density at radius 3 is 2.24 bits per heavy atom. The van der Waals surface area contributed by atoms with Crippen LogP contribution in [0.4, 0.5) is 5.69 Å². The number of amides is 1. The number of hydrogen-bond acceptors (Lipinski definition) is 7. The molecule has 0 bridgehead atoms. The molecule has 0 radical (unpaired) electrons. The average molecular weight is 478 g/mol. The number of oxazole rings is 1. The number of thiocarbonyl (C=S) groups is 1. The SMILES string of the molecule is COc1cc(C(=O)NC(=S)Nc2ccc3oc(-c4ccc(C)cc4)nc3c2)cc(OC)c1OC. The summed E-state index contributed by atoms with van der Waals surface area (Å²) < 4.78 is 21.8. The van der Waals surface area contributed by atoms with Crippen molar-refractivity contribution in [3.05, 3.63) is 65.7 Å². The van der Waals surface area contributed by atoms with Crippen LogP contribution in [0.15, 0.2) is 59.0 Å². The number of benzene rings is 3. The van der Waals surface area contributed by atoms with E-state index in [9.17, 15) is 4.79 Å².